The van der Waals surface area contributed by atoms with Crippen molar-refractivity contribution in [2.24, 2.45) is 5.41 Å². The van der Waals surface area contributed by atoms with Crippen molar-refractivity contribution < 1.29 is 39.8 Å². The maximum absolute atomic E-state index is 11.4. The first kappa shape index (κ1) is 22.4. The summed E-state index contributed by atoms with van der Waals surface area (Å²) in [5, 5.41) is 49.4. The largest absolute Gasteiger partial charge is 0.394 e. The van der Waals surface area contributed by atoms with Gasteiger partial charge in [-0.1, -0.05) is 18.1 Å². The molecule has 0 aromatic heterocycles. The minimum atomic E-state index is -1.50. The lowest BCUT2D eigenvalue weighted by Crippen LogP contribution is -2.59. The molecule has 5 N–H and O–H groups in total. The van der Waals surface area contributed by atoms with Gasteiger partial charge in [-0.2, -0.15) is 0 Å². The van der Waals surface area contributed by atoms with Crippen molar-refractivity contribution in [2.75, 3.05) is 13.2 Å². The Hall–Kier alpha value is -0.870. The molecule has 27 heavy (non-hydrogen) atoms. The van der Waals surface area contributed by atoms with E-state index in [0.29, 0.717) is 25.7 Å². The van der Waals surface area contributed by atoms with E-state index < -0.39 is 48.8 Å². The predicted molar refractivity (Wildman–Crippen MR) is 95.7 cm³/mol. The van der Waals surface area contributed by atoms with Crippen LogP contribution in [0.5, 0.6) is 0 Å². The summed E-state index contributed by atoms with van der Waals surface area (Å²) < 4.78 is 11.1. The molecule has 0 saturated carbocycles. The summed E-state index contributed by atoms with van der Waals surface area (Å²) in [4.78, 5) is 11.4. The summed E-state index contributed by atoms with van der Waals surface area (Å²) in [5.74, 6) is 0.0821. The Kier molecular flexibility index (Phi) is 7.54. The minimum Gasteiger partial charge on any atom is -0.394 e. The second kappa shape index (κ2) is 9.09. The zero-order valence-corrected chi connectivity index (χ0v) is 16.2. The average Bonchev–Trinajstić information content (AvgIpc) is 2.58. The number of carbonyl (C=O) groups excluding carboxylic acids is 1. The fourth-order valence-electron chi connectivity index (χ4n) is 4.14. The Bertz CT molecular complexity index is 560. The molecule has 1 heterocycles. The smallest absolute Gasteiger partial charge is 0.186 e. The van der Waals surface area contributed by atoms with E-state index in [2.05, 4.69) is 0 Å². The van der Waals surface area contributed by atoms with Gasteiger partial charge in [-0.15, -0.1) is 0 Å². The standard InChI is InChI=1S/C19H32O8/c1-10-6-12(22)7-19(3,13(10)5-4-11(2)21)9-26-18-17(25)16(24)15(23)14(8-20)27-18/h12,14-18,20,22-25H,4-9H2,1-3H3/t12-,14+,15+,16-,17+,18+,19+/m0/s1. The molecular formula is C19H32O8. The van der Waals surface area contributed by atoms with Crippen molar-refractivity contribution >= 4 is 5.78 Å². The van der Waals surface area contributed by atoms with Gasteiger partial charge in [0.15, 0.2) is 6.29 Å². The van der Waals surface area contributed by atoms with E-state index in [9.17, 15) is 30.3 Å². The number of ether oxygens (including phenoxy) is 2. The van der Waals surface area contributed by atoms with Crippen molar-refractivity contribution in [3.05, 3.63) is 11.1 Å². The molecule has 1 aliphatic carbocycles. The first-order chi connectivity index (χ1) is 12.6. The van der Waals surface area contributed by atoms with E-state index in [1.165, 1.54) is 6.92 Å². The number of aliphatic hydroxyl groups is 5. The molecule has 0 amide bonds. The Morgan fingerprint density at radius 1 is 1.22 bits per heavy atom. The fraction of sp³-hybridized carbons (Fsp3) is 0.842. The summed E-state index contributed by atoms with van der Waals surface area (Å²) >= 11 is 0. The molecule has 0 bridgehead atoms. The lowest BCUT2D eigenvalue weighted by atomic mass is 9.69. The van der Waals surface area contributed by atoms with Crippen LogP contribution in [0.2, 0.25) is 0 Å². The highest BCUT2D eigenvalue weighted by atomic mass is 16.7. The summed E-state index contributed by atoms with van der Waals surface area (Å²) in [6.45, 7) is 4.97. The Labute approximate surface area is 159 Å². The SMILES string of the molecule is CC(=O)CCC1=C(C)C[C@H](O)C[C@]1(C)CO[C@@H]1O[C@H](CO)[C@@H](O)[C@H](O)[C@H]1O. The van der Waals surface area contributed by atoms with E-state index in [1.54, 1.807) is 0 Å². The molecule has 0 unspecified atom stereocenters. The van der Waals surface area contributed by atoms with Crippen LogP contribution in [0.1, 0.15) is 46.5 Å². The Morgan fingerprint density at radius 3 is 2.48 bits per heavy atom. The topological polar surface area (TPSA) is 137 Å². The first-order valence-electron chi connectivity index (χ1n) is 9.37. The number of aliphatic hydroxyl groups excluding tert-OH is 5. The van der Waals surface area contributed by atoms with Crippen LogP contribution in [-0.2, 0) is 14.3 Å². The third kappa shape index (κ3) is 5.14. The van der Waals surface area contributed by atoms with Gasteiger partial charge in [-0.05, 0) is 33.1 Å². The number of hydrogen-bond donors (Lipinski definition) is 5. The van der Waals surface area contributed by atoms with Crippen molar-refractivity contribution in [1.82, 2.24) is 0 Å². The molecule has 1 fully saturated rings. The number of rotatable bonds is 7. The van der Waals surface area contributed by atoms with E-state index in [-0.39, 0.29) is 12.4 Å². The highest BCUT2D eigenvalue weighted by molar-refractivity contribution is 5.75. The maximum Gasteiger partial charge on any atom is 0.186 e. The zero-order chi connectivity index (χ0) is 20.4. The normalized spacial score (nSPS) is 40.3. The van der Waals surface area contributed by atoms with Crippen LogP contribution < -0.4 is 0 Å². The molecule has 8 heteroatoms. The van der Waals surface area contributed by atoms with Crippen LogP contribution in [0.25, 0.3) is 0 Å². The third-order valence-corrected chi connectivity index (χ3v) is 5.61. The first-order valence-corrected chi connectivity index (χ1v) is 9.37. The van der Waals surface area contributed by atoms with Crippen LogP contribution in [-0.4, -0.2) is 81.3 Å². The Balaban J connectivity index is 2.12. The summed E-state index contributed by atoms with van der Waals surface area (Å²) in [6.07, 6.45) is -5.23. The molecule has 2 aliphatic rings. The van der Waals surface area contributed by atoms with E-state index >= 15 is 0 Å². The number of carbonyl (C=O) groups is 1. The van der Waals surface area contributed by atoms with E-state index in [1.807, 2.05) is 13.8 Å². The summed E-state index contributed by atoms with van der Waals surface area (Å²) in [7, 11) is 0. The summed E-state index contributed by atoms with van der Waals surface area (Å²) in [6, 6.07) is 0. The second-order valence-corrected chi connectivity index (χ2v) is 8.09. The van der Waals surface area contributed by atoms with Gasteiger partial charge in [0.2, 0.25) is 0 Å². The highest BCUT2D eigenvalue weighted by Crippen LogP contribution is 2.43. The van der Waals surface area contributed by atoms with Crippen molar-refractivity contribution in [3.8, 4) is 0 Å². The van der Waals surface area contributed by atoms with Gasteiger partial charge in [0.1, 0.15) is 30.2 Å². The predicted octanol–water partition coefficient (Wildman–Crippen LogP) is -0.350. The lowest BCUT2D eigenvalue weighted by Gasteiger charge is -2.43. The number of Topliss-reactive ketones (excluding diaryl/α,β-unsaturated/α-hetero) is 1. The Morgan fingerprint density at radius 2 is 1.89 bits per heavy atom. The van der Waals surface area contributed by atoms with Gasteiger partial charge in [0.05, 0.1) is 19.3 Å². The fourth-order valence-corrected chi connectivity index (χ4v) is 4.14. The maximum atomic E-state index is 11.4. The molecule has 156 valence electrons. The van der Waals surface area contributed by atoms with Gasteiger partial charge >= 0.3 is 0 Å². The molecule has 0 spiro atoms. The van der Waals surface area contributed by atoms with Gasteiger partial charge in [-0.3, -0.25) is 0 Å². The lowest BCUT2D eigenvalue weighted by molar-refractivity contribution is -0.305. The van der Waals surface area contributed by atoms with Crippen LogP contribution in [0.3, 0.4) is 0 Å². The zero-order valence-electron chi connectivity index (χ0n) is 16.2. The third-order valence-electron chi connectivity index (χ3n) is 5.61. The molecule has 8 nitrogen and oxygen atoms in total. The molecular weight excluding hydrogens is 356 g/mol. The second-order valence-electron chi connectivity index (χ2n) is 8.09. The average molecular weight is 388 g/mol. The van der Waals surface area contributed by atoms with Crippen LogP contribution in [0.4, 0.5) is 0 Å². The minimum absolute atomic E-state index is 0.0821. The number of hydrogen-bond acceptors (Lipinski definition) is 8. The number of ketones is 1. The molecule has 0 aromatic carbocycles. The van der Waals surface area contributed by atoms with Crippen molar-refractivity contribution in [3.63, 3.8) is 0 Å². The van der Waals surface area contributed by atoms with Gasteiger partial charge < -0.3 is 39.8 Å². The quantitative estimate of drug-likeness (QED) is 0.373. The monoisotopic (exact) mass is 388 g/mol. The van der Waals surface area contributed by atoms with Crippen molar-refractivity contribution in [2.45, 2.75) is 83.3 Å². The van der Waals surface area contributed by atoms with Crippen LogP contribution in [0, 0.1) is 5.41 Å². The molecule has 1 saturated heterocycles. The van der Waals surface area contributed by atoms with Crippen LogP contribution >= 0.6 is 0 Å². The molecule has 0 aromatic rings. The summed E-state index contributed by atoms with van der Waals surface area (Å²) in [5.41, 5.74) is 1.51. The van der Waals surface area contributed by atoms with Crippen molar-refractivity contribution in [1.29, 1.82) is 0 Å². The van der Waals surface area contributed by atoms with E-state index in [4.69, 9.17) is 9.47 Å². The highest BCUT2D eigenvalue weighted by Gasteiger charge is 2.45. The van der Waals surface area contributed by atoms with Gasteiger partial charge in [0.25, 0.3) is 0 Å². The van der Waals surface area contributed by atoms with Gasteiger partial charge in [-0.25, -0.2) is 0 Å². The van der Waals surface area contributed by atoms with Gasteiger partial charge in [0, 0.05) is 11.8 Å². The molecule has 7 atom stereocenters. The molecule has 1 aliphatic heterocycles. The molecule has 0 radical (unpaired) electrons. The van der Waals surface area contributed by atoms with Crippen LogP contribution in [0.15, 0.2) is 11.1 Å². The molecule has 2 rings (SSSR count). The van der Waals surface area contributed by atoms with E-state index in [0.717, 1.165) is 11.1 Å².